The van der Waals surface area contributed by atoms with Gasteiger partial charge in [-0.1, -0.05) is 12.1 Å². The lowest BCUT2D eigenvalue weighted by atomic mass is 10.2. The SMILES string of the molecule is CCOc1ccc(NC(=S)N(Cc2ccc(OC)cc2)Cc2ccco2)cc1. The number of ether oxygens (including phenoxy) is 2. The van der Waals surface area contributed by atoms with E-state index in [1.807, 2.05) is 67.6 Å². The molecule has 3 rings (SSSR count). The number of anilines is 1. The van der Waals surface area contributed by atoms with Crippen molar-refractivity contribution in [3.05, 3.63) is 78.3 Å². The summed E-state index contributed by atoms with van der Waals surface area (Å²) < 4.78 is 16.2. The molecule has 0 spiro atoms. The first kappa shape index (κ1) is 19.8. The van der Waals surface area contributed by atoms with Crippen LogP contribution in [0.5, 0.6) is 11.5 Å². The monoisotopic (exact) mass is 396 g/mol. The molecule has 0 bridgehead atoms. The third-order valence-electron chi connectivity index (χ3n) is 4.16. The van der Waals surface area contributed by atoms with Gasteiger partial charge in [0.25, 0.3) is 0 Å². The molecule has 0 fully saturated rings. The summed E-state index contributed by atoms with van der Waals surface area (Å²) in [5.74, 6) is 2.52. The van der Waals surface area contributed by atoms with Gasteiger partial charge in [-0.05, 0) is 73.2 Å². The normalized spacial score (nSPS) is 10.4. The van der Waals surface area contributed by atoms with Crippen molar-refractivity contribution in [3.8, 4) is 11.5 Å². The zero-order valence-electron chi connectivity index (χ0n) is 16.1. The molecule has 0 aliphatic rings. The Morgan fingerprint density at radius 3 is 2.32 bits per heavy atom. The van der Waals surface area contributed by atoms with Gasteiger partial charge in [0.15, 0.2) is 5.11 Å². The molecule has 3 aromatic rings. The molecule has 28 heavy (non-hydrogen) atoms. The van der Waals surface area contributed by atoms with Crippen LogP contribution in [0.25, 0.3) is 0 Å². The Labute approximate surface area is 170 Å². The minimum Gasteiger partial charge on any atom is -0.497 e. The summed E-state index contributed by atoms with van der Waals surface area (Å²) in [4.78, 5) is 2.06. The fourth-order valence-corrected chi connectivity index (χ4v) is 2.99. The first-order valence-electron chi connectivity index (χ1n) is 9.12. The number of nitrogens with one attached hydrogen (secondary N) is 1. The maximum atomic E-state index is 5.68. The van der Waals surface area contributed by atoms with E-state index in [9.17, 15) is 0 Å². The summed E-state index contributed by atoms with van der Waals surface area (Å²) in [6.07, 6.45) is 1.67. The molecule has 0 saturated carbocycles. The molecule has 0 aliphatic heterocycles. The van der Waals surface area contributed by atoms with Crippen LogP contribution in [0, 0.1) is 0 Å². The zero-order chi connectivity index (χ0) is 19.8. The summed E-state index contributed by atoms with van der Waals surface area (Å²) in [6.45, 7) is 3.83. The Morgan fingerprint density at radius 2 is 1.71 bits per heavy atom. The van der Waals surface area contributed by atoms with Crippen LogP contribution in [0.1, 0.15) is 18.2 Å². The Kier molecular flexibility index (Phi) is 6.92. The van der Waals surface area contributed by atoms with E-state index in [-0.39, 0.29) is 0 Å². The predicted octanol–water partition coefficient (Wildman–Crippen LogP) is 5.09. The van der Waals surface area contributed by atoms with Gasteiger partial charge in [-0.3, -0.25) is 0 Å². The van der Waals surface area contributed by atoms with Crippen molar-refractivity contribution >= 4 is 23.0 Å². The van der Waals surface area contributed by atoms with Crippen molar-refractivity contribution in [2.24, 2.45) is 0 Å². The molecule has 0 atom stereocenters. The van der Waals surface area contributed by atoms with E-state index >= 15 is 0 Å². The Balaban J connectivity index is 1.71. The summed E-state index contributed by atoms with van der Waals surface area (Å²) in [5.41, 5.74) is 2.04. The largest absolute Gasteiger partial charge is 0.497 e. The first-order valence-corrected chi connectivity index (χ1v) is 9.53. The molecule has 5 nitrogen and oxygen atoms in total. The lowest BCUT2D eigenvalue weighted by Gasteiger charge is -2.25. The third-order valence-corrected chi connectivity index (χ3v) is 4.52. The van der Waals surface area contributed by atoms with Gasteiger partial charge in [0.1, 0.15) is 17.3 Å². The van der Waals surface area contributed by atoms with Crippen molar-refractivity contribution in [1.29, 1.82) is 0 Å². The first-order chi connectivity index (χ1) is 13.7. The molecule has 1 heterocycles. The van der Waals surface area contributed by atoms with Crippen molar-refractivity contribution in [2.45, 2.75) is 20.0 Å². The molecule has 0 saturated heterocycles. The summed E-state index contributed by atoms with van der Waals surface area (Å²) in [7, 11) is 1.66. The number of hydrogen-bond acceptors (Lipinski definition) is 4. The molecule has 146 valence electrons. The maximum Gasteiger partial charge on any atom is 0.174 e. The van der Waals surface area contributed by atoms with Gasteiger partial charge >= 0.3 is 0 Å². The number of furan rings is 1. The number of methoxy groups -OCH3 is 1. The summed E-state index contributed by atoms with van der Waals surface area (Å²) in [6, 6.07) is 19.5. The fourth-order valence-electron chi connectivity index (χ4n) is 2.75. The minimum atomic E-state index is 0.571. The quantitative estimate of drug-likeness (QED) is 0.536. The lowest BCUT2D eigenvalue weighted by molar-refractivity contribution is 0.340. The number of hydrogen-bond donors (Lipinski definition) is 1. The molecule has 0 unspecified atom stereocenters. The van der Waals surface area contributed by atoms with Crippen LogP contribution < -0.4 is 14.8 Å². The van der Waals surface area contributed by atoms with Crippen LogP contribution >= 0.6 is 12.2 Å². The van der Waals surface area contributed by atoms with E-state index < -0.39 is 0 Å². The van der Waals surface area contributed by atoms with Gasteiger partial charge in [0.2, 0.25) is 0 Å². The molecule has 1 aromatic heterocycles. The van der Waals surface area contributed by atoms with Gasteiger partial charge in [-0.25, -0.2) is 0 Å². The lowest BCUT2D eigenvalue weighted by Crippen LogP contribution is -2.33. The second kappa shape index (κ2) is 9.80. The highest BCUT2D eigenvalue weighted by Crippen LogP contribution is 2.19. The third kappa shape index (κ3) is 5.50. The zero-order valence-corrected chi connectivity index (χ0v) is 16.9. The van der Waals surface area contributed by atoms with Crippen molar-refractivity contribution < 1.29 is 13.9 Å². The van der Waals surface area contributed by atoms with E-state index in [1.165, 1.54) is 0 Å². The van der Waals surface area contributed by atoms with Crippen LogP contribution in [-0.4, -0.2) is 23.7 Å². The van der Waals surface area contributed by atoms with Crippen molar-refractivity contribution in [1.82, 2.24) is 4.90 Å². The molecular weight excluding hydrogens is 372 g/mol. The highest BCUT2D eigenvalue weighted by molar-refractivity contribution is 7.80. The van der Waals surface area contributed by atoms with Gasteiger partial charge in [0, 0.05) is 12.2 Å². The second-order valence-electron chi connectivity index (χ2n) is 6.17. The van der Waals surface area contributed by atoms with E-state index in [2.05, 4.69) is 10.2 Å². The fraction of sp³-hybridized carbons (Fsp3) is 0.227. The van der Waals surface area contributed by atoms with Crippen LogP contribution in [0.4, 0.5) is 5.69 Å². The van der Waals surface area contributed by atoms with Gasteiger partial charge in [-0.15, -0.1) is 0 Å². The molecule has 2 aromatic carbocycles. The molecule has 0 aliphatic carbocycles. The van der Waals surface area contributed by atoms with E-state index in [0.29, 0.717) is 24.8 Å². The van der Waals surface area contributed by atoms with E-state index in [1.54, 1.807) is 13.4 Å². The van der Waals surface area contributed by atoms with Crippen molar-refractivity contribution in [3.63, 3.8) is 0 Å². The molecular formula is C22H24N2O3S. The van der Waals surface area contributed by atoms with Crippen LogP contribution in [-0.2, 0) is 13.1 Å². The smallest absolute Gasteiger partial charge is 0.174 e. The van der Waals surface area contributed by atoms with Gasteiger partial charge in [-0.2, -0.15) is 0 Å². The second-order valence-corrected chi connectivity index (χ2v) is 6.56. The van der Waals surface area contributed by atoms with Gasteiger partial charge in [0.05, 0.1) is 26.5 Å². The minimum absolute atomic E-state index is 0.571. The molecule has 0 amide bonds. The average molecular weight is 397 g/mol. The summed E-state index contributed by atoms with van der Waals surface area (Å²) >= 11 is 5.68. The molecule has 1 N–H and O–H groups in total. The highest BCUT2D eigenvalue weighted by atomic mass is 32.1. The number of benzene rings is 2. The van der Waals surface area contributed by atoms with Gasteiger partial charge < -0.3 is 24.1 Å². The predicted molar refractivity (Wildman–Crippen MR) is 115 cm³/mol. The van der Waals surface area contributed by atoms with Crippen molar-refractivity contribution in [2.75, 3.05) is 19.0 Å². The Bertz CT molecular complexity index is 862. The number of thiocarbonyl (C=S) groups is 1. The van der Waals surface area contributed by atoms with Crippen LogP contribution in [0.15, 0.2) is 71.3 Å². The van der Waals surface area contributed by atoms with Crippen LogP contribution in [0.2, 0.25) is 0 Å². The van der Waals surface area contributed by atoms with E-state index in [0.717, 1.165) is 28.5 Å². The number of rotatable bonds is 8. The number of nitrogens with zero attached hydrogens (tertiary/aromatic N) is 1. The molecule has 0 radical (unpaired) electrons. The maximum absolute atomic E-state index is 5.68. The summed E-state index contributed by atoms with van der Waals surface area (Å²) in [5, 5.41) is 3.92. The average Bonchev–Trinajstić information content (AvgIpc) is 3.23. The highest BCUT2D eigenvalue weighted by Gasteiger charge is 2.13. The topological polar surface area (TPSA) is 46.9 Å². The van der Waals surface area contributed by atoms with Crippen LogP contribution in [0.3, 0.4) is 0 Å². The Hall–Kier alpha value is -2.99. The van der Waals surface area contributed by atoms with E-state index in [4.69, 9.17) is 26.1 Å². The molecule has 6 heteroatoms. The standard InChI is InChI=1S/C22H24N2O3S/c1-3-26-20-12-8-18(9-13-20)23-22(28)24(16-21-5-4-14-27-21)15-17-6-10-19(25-2)11-7-17/h4-14H,3,15-16H2,1-2H3,(H,23,28). The Morgan fingerprint density at radius 1 is 1.00 bits per heavy atom.